The van der Waals surface area contributed by atoms with Gasteiger partial charge in [-0.25, -0.2) is 9.18 Å². The summed E-state index contributed by atoms with van der Waals surface area (Å²) in [4.78, 5) is 11.0. The number of ether oxygens (including phenoxy) is 1. The van der Waals surface area contributed by atoms with Crippen LogP contribution in [0.4, 0.5) is 4.39 Å². The van der Waals surface area contributed by atoms with Crippen LogP contribution in [0.3, 0.4) is 0 Å². The van der Waals surface area contributed by atoms with E-state index in [0.29, 0.717) is 11.3 Å². The maximum atomic E-state index is 12.7. The second-order valence-electron chi connectivity index (χ2n) is 3.70. The molecular formula is C14H11FO3. The van der Waals surface area contributed by atoms with Crippen molar-refractivity contribution in [2.75, 3.05) is 0 Å². The Balaban J connectivity index is 2.10. The Morgan fingerprint density at radius 1 is 1.11 bits per heavy atom. The first-order valence-corrected chi connectivity index (χ1v) is 5.36. The summed E-state index contributed by atoms with van der Waals surface area (Å²) >= 11 is 0. The molecule has 0 saturated heterocycles. The molecule has 2 aromatic carbocycles. The van der Waals surface area contributed by atoms with Gasteiger partial charge in [0.1, 0.15) is 18.2 Å². The predicted octanol–water partition coefficient (Wildman–Crippen LogP) is 3.10. The molecule has 0 aromatic heterocycles. The molecule has 0 bridgehead atoms. The van der Waals surface area contributed by atoms with Crippen LogP contribution in [0.25, 0.3) is 0 Å². The molecule has 1 N–H and O–H groups in total. The monoisotopic (exact) mass is 246 g/mol. The van der Waals surface area contributed by atoms with Crippen molar-refractivity contribution in [1.29, 1.82) is 0 Å². The zero-order chi connectivity index (χ0) is 13.0. The average Bonchev–Trinajstić information content (AvgIpc) is 2.38. The van der Waals surface area contributed by atoms with E-state index in [-0.39, 0.29) is 18.0 Å². The lowest BCUT2D eigenvalue weighted by atomic mass is 10.1. The SMILES string of the molecule is O=C(O)c1ccccc1COc1ccc(F)cc1. The Bertz CT molecular complexity index is 549. The highest BCUT2D eigenvalue weighted by Crippen LogP contribution is 2.15. The Kier molecular flexibility index (Phi) is 3.57. The summed E-state index contributed by atoms with van der Waals surface area (Å²) < 4.78 is 18.1. The van der Waals surface area contributed by atoms with Crippen molar-refractivity contribution in [1.82, 2.24) is 0 Å². The minimum Gasteiger partial charge on any atom is -0.489 e. The standard InChI is InChI=1S/C14H11FO3/c15-11-5-7-12(8-6-11)18-9-10-3-1-2-4-13(10)14(16)17/h1-8H,9H2,(H,16,17). The van der Waals surface area contributed by atoms with E-state index in [2.05, 4.69) is 0 Å². The first-order chi connectivity index (χ1) is 8.66. The van der Waals surface area contributed by atoms with Crippen molar-refractivity contribution < 1.29 is 19.0 Å². The molecule has 0 aliphatic rings. The molecule has 0 amide bonds. The number of aromatic carboxylic acids is 1. The minimum atomic E-state index is -0.992. The number of hydrogen-bond acceptors (Lipinski definition) is 2. The molecule has 0 atom stereocenters. The minimum absolute atomic E-state index is 0.133. The number of benzene rings is 2. The molecule has 92 valence electrons. The van der Waals surface area contributed by atoms with Crippen molar-refractivity contribution in [3.05, 3.63) is 65.5 Å². The first-order valence-electron chi connectivity index (χ1n) is 5.36. The molecule has 2 aromatic rings. The summed E-state index contributed by atoms with van der Waals surface area (Å²) in [6.45, 7) is 0.133. The lowest BCUT2D eigenvalue weighted by molar-refractivity contribution is 0.0694. The molecule has 2 rings (SSSR count). The van der Waals surface area contributed by atoms with Crippen molar-refractivity contribution in [3.63, 3.8) is 0 Å². The number of hydrogen-bond donors (Lipinski definition) is 1. The molecule has 0 aliphatic heterocycles. The van der Waals surface area contributed by atoms with E-state index in [1.54, 1.807) is 18.2 Å². The Hall–Kier alpha value is -2.36. The van der Waals surface area contributed by atoms with Crippen molar-refractivity contribution in [2.24, 2.45) is 0 Å². The van der Waals surface area contributed by atoms with Gasteiger partial charge in [0.15, 0.2) is 0 Å². The van der Waals surface area contributed by atoms with Crippen LogP contribution in [0.1, 0.15) is 15.9 Å². The van der Waals surface area contributed by atoms with Gasteiger partial charge in [0, 0.05) is 5.56 Å². The van der Waals surface area contributed by atoms with Gasteiger partial charge < -0.3 is 9.84 Å². The number of rotatable bonds is 4. The molecule has 0 fully saturated rings. The number of carboxylic acids is 1. The molecule has 0 radical (unpaired) electrons. The second-order valence-corrected chi connectivity index (χ2v) is 3.70. The van der Waals surface area contributed by atoms with Crippen LogP contribution in [0.5, 0.6) is 5.75 Å². The van der Waals surface area contributed by atoms with Crippen LogP contribution < -0.4 is 4.74 Å². The highest BCUT2D eigenvalue weighted by molar-refractivity contribution is 5.89. The molecule has 18 heavy (non-hydrogen) atoms. The molecule has 0 spiro atoms. The van der Waals surface area contributed by atoms with Gasteiger partial charge in [-0.3, -0.25) is 0 Å². The van der Waals surface area contributed by atoms with E-state index in [1.165, 1.54) is 30.3 Å². The second kappa shape index (κ2) is 5.31. The maximum absolute atomic E-state index is 12.7. The number of halogens is 1. The van der Waals surface area contributed by atoms with Crippen molar-refractivity contribution in [3.8, 4) is 5.75 Å². The fourth-order valence-corrected chi connectivity index (χ4v) is 1.55. The largest absolute Gasteiger partial charge is 0.489 e. The summed E-state index contributed by atoms with van der Waals surface area (Å²) in [5.41, 5.74) is 0.786. The van der Waals surface area contributed by atoms with Crippen LogP contribution in [-0.4, -0.2) is 11.1 Å². The van der Waals surface area contributed by atoms with Crippen LogP contribution >= 0.6 is 0 Å². The molecule has 0 aliphatic carbocycles. The third-order valence-corrected chi connectivity index (χ3v) is 2.46. The predicted molar refractivity (Wildman–Crippen MR) is 64.1 cm³/mol. The van der Waals surface area contributed by atoms with Crippen LogP contribution in [0.15, 0.2) is 48.5 Å². The lowest BCUT2D eigenvalue weighted by Crippen LogP contribution is -2.05. The Morgan fingerprint density at radius 3 is 2.44 bits per heavy atom. The highest BCUT2D eigenvalue weighted by Gasteiger charge is 2.09. The molecule has 3 nitrogen and oxygen atoms in total. The van der Waals surface area contributed by atoms with E-state index in [9.17, 15) is 9.18 Å². The molecular weight excluding hydrogens is 235 g/mol. The third kappa shape index (κ3) is 2.85. The van der Waals surface area contributed by atoms with Gasteiger partial charge in [-0.15, -0.1) is 0 Å². The fraction of sp³-hybridized carbons (Fsp3) is 0.0714. The van der Waals surface area contributed by atoms with E-state index in [0.717, 1.165) is 0 Å². The number of carbonyl (C=O) groups is 1. The zero-order valence-corrected chi connectivity index (χ0v) is 9.47. The molecule has 0 saturated carbocycles. The third-order valence-electron chi connectivity index (χ3n) is 2.46. The topological polar surface area (TPSA) is 46.5 Å². The normalized spacial score (nSPS) is 10.1. The quantitative estimate of drug-likeness (QED) is 0.901. The lowest BCUT2D eigenvalue weighted by Gasteiger charge is -2.08. The van der Waals surface area contributed by atoms with E-state index < -0.39 is 5.97 Å². The van der Waals surface area contributed by atoms with Gasteiger partial charge in [0.05, 0.1) is 5.56 Å². The summed E-state index contributed by atoms with van der Waals surface area (Å²) in [7, 11) is 0. The van der Waals surface area contributed by atoms with Gasteiger partial charge in [-0.05, 0) is 30.3 Å². The summed E-state index contributed by atoms with van der Waals surface area (Å²) in [6, 6.07) is 12.2. The van der Waals surface area contributed by atoms with Gasteiger partial charge in [-0.2, -0.15) is 0 Å². The van der Waals surface area contributed by atoms with Crippen LogP contribution in [0.2, 0.25) is 0 Å². The van der Waals surface area contributed by atoms with Gasteiger partial charge >= 0.3 is 5.97 Å². The number of carboxylic acid groups (broad SMARTS) is 1. The fourth-order valence-electron chi connectivity index (χ4n) is 1.55. The van der Waals surface area contributed by atoms with Gasteiger partial charge in [-0.1, -0.05) is 18.2 Å². The van der Waals surface area contributed by atoms with Crippen molar-refractivity contribution in [2.45, 2.75) is 6.61 Å². The zero-order valence-electron chi connectivity index (χ0n) is 9.47. The van der Waals surface area contributed by atoms with Crippen LogP contribution in [-0.2, 0) is 6.61 Å². The van der Waals surface area contributed by atoms with Crippen molar-refractivity contribution >= 4 is 5.97 Å². The molecule has 0 heterocycles. The summed E-state index contributed by atoms with van der Waals surface area (Å²) in [6.07, 6.45) is 0. The highest BCUT2D eigenvalue weighted by atomic mass is 19.1. The van der Waals surface area contributed by atoms with E-state index >= 15 is 0 Å². The van der Waals surface area contributed by atoms with E-state index in [1.807, 2.05) is 0 Å². The van der Waals surface area contributed by atoms with E-state index in [4.69, 9.17) is 9.84 Å². The Labute approximate surface area is 103 Å². The summed E-state index contributed by atoms with van der Waals surface area (Å²) in [5, 5.41) is 8.99. The molecule has 4 heteroatoms. The van der Waals surface area contributed by atoms with Gasteiger partial charge in [0.2, 0.25) is 0 Å². The average molecular weight is 246 g/mol. The summed E-state index contributed by atoms with van der Waals surface area (Å²) in [5.74, 6) is -0.835. The van der Waals surface area contributed by atoms with Gasteiger partial charge in [0.25, 0.3) is 0 Å². The maximum Gasteiger partial charge on any atom is 0.336 e. The molecule has 0 unspecified atom stereocenters. The van der Waals surface area contributed by atoms with Crippen LogP contribution in [0, 0.1) is 5.82 Å². The first kappa shape index (κ1) is 12.1. The smallest absolute Gasteiger partial charge is 0.336 e. The Morgan fingerprint density at radius 2 is 1.78 bits per heavy atom.